The van der Waals surface area contributed by atoms with Crippen molar-refractivity contribution in [2.24, 2.45) is 5.14 Å². The smallest absolute Gasteiger partial charge is 0.274 e. The average molecular weight is 456 g/mol. The van der Waals surface area contributed by atoms with Gasteiger partial charge in [-0.3, -0.25) is 0 Å². The van der Waals surface area contributed by atoms with Crippen LogP contribution in [-0.4, -0.2) is 23.9 Å². The van der Waals surface area contributed by atoms with E-state index in [0.717, 1.165) is 22.3 Å². The fourth-order valence-electron chi connectivity index (χ4n) is 3.74. The van der Waals surface area contributed by atoms with E-state index in [1.165, 1.54) is 11.5 Å². The number of hydrogen-bond acceptors (Lipinski definition) is 7. The molecule has 31 heavy (non-hydrogen) atoms. The Morgan fingerprint density at radius 1 is 1.32 bits per heavy atom. The minimum Gasteiger partial charge on any atom is -0.490 e. The van der Waals surface area contributed by atoms with Crippen LogP contribution < -0.4 is 14.6 Å². The van der Waals surface area contributed by atoms with Crippen LogP contribution in [0.5, 0.6) is 5.75 Å². The van der Waals surface area contributed by atoms with Crippen LogP contribution in [0.25, 0.3) is 22.0 Å². The third-order valence-corrected chi connectivity index (χ3v) is 6.33. The van der Waals surface area contributed by atoms with Crippen molar-refractivity contribution in [1.29, 1.82) is 5.26 Å². The molecule has 0 fully saturated rings. The Kier molecular flexibility index (Phi) is 5.77. The fourth-order valence-corrected chi connectivity index (χ4v) is 5.05. The lowest BCUT2D eigenvalue weighted by atomic mass is 10.0. The molecule has 1 heterocycles. The van der Waals surface area contributed by atoms with Gasteiger partial charge in [0.05, 0.1) is 11.7 Å². The second-order valence-corrected chi connectivity index (χ2v) is 9.62. The molecule has 1 atom stereocenters. The molecule has 10 heteroatoms. The van der Waals surface area contributed by atoms with Crippen molar-refractivity contribution < 1.29 is 13.2 Å². The zero-order valence-corrected chi connectivity index (χ0v) is 18.6. The molecule has 0 bridgehead atoms. The number of hydrogen-bond donors (Lipinski definition) is 2. The second kappa shape index (κ2) is 8.36. The number of benzene rings is 2. The number of nitrogens with one attached hydrogen (secondary N) is 1. The molecule has 0 amide bonds. The molecule has 0 radical (unpaired) electrons. The Morgan fingerprint density at radius 3 is 2.84 bits per heavy atom. The first-order chi connectivity index (χ1) is 14.7. The van der Waals surface area contributed by atoms with Gasteiger partial charge in [-0.25, -0.2) is 10.1 Å². The summed E-state index contributed by atoms with van der Waals surface area (Å²) in [6.07, 6.45) is 1.30. The van der Waals surface area contributed by atoms with Gasteiger partial charge >= 0.3 is 0 Å². The maximum Gasteiger partial charge on any atom is 0.274 e. The molecule has 2 aromatic carbocycles. The van der Waals surface area contributed by atoms with E-state index in [9.17, 15) is 13.7 Å². The summed E-state index contributed by atoms with van der Waals surface area (Å²) in [7, 11) is -3.79. The van der Waals surface area contributed by atoms with Crippen molar-refractivity contribution in [3.63, 3.8) is 0 Å². The minimum atomic E-state index is -3.79. The molecule has 0 saturated carbocycles. The standard InChI is InChI=1S/C21H21N5O3S2/c1-12(2)29-19-9-6-13(10-14(19)11-22)21-24-20(25-30-21)17-5-3-4-16-15(17)7-8-18(16)26-31(23,27)28/h3-6,9-10,12,18,26H,7-8H2,1-2H3,(H2,23,27,28). The number of nitriles is 1. The van der Waals surface area contributed by atoms with Gasteiger partial charge in [-0.05, 0) is 67.5 Å². The molecule has 3 N–H and O–H groups in total. The number of rotatable bonds is 6. The molecular weight excluding hydrogens is 434 g/mol. The van der Waals surface area contributed by atoms with Crippen LogP contribution >= 0.6 is 11.5 Å². The maximum absolute atomic E-state index is 11.5. The first-order valence-electron chi connectivity index (χ1n) is 9.72. The molecule has 3 aromatic rings. The number of fused-ring (bicyclic) bond motifs is 1. The van der Waals surface area contributed by atoms with Crippen LogP contribution in [-0.2, 0) is 16.6 Å². The van der Waals surface area contributed by atoms with Crippen LogP contribution in [0.4, 0.5) is 0 Å². The van der Waals surface area contributed by atoms with Gasteiger partial charge in [0.2, 0.25) is 0 Å². The summed E-state index contributed by atoms with van der Waals surface area (Å²) in [6, 6.07) is 12.9. The lowest BCUT2D eigenvalue weighted by Crippen LogP contribution is -2.33. The largest absolute Gasteiger partial charge is 0.490 e. The molecule has 1 unspecified atom stereocenters. The van der Waals surface area contributed by atoms with Crippen molar-refractivity contribution in [2.75, 3.05) is 0 Å². The summed E-state index contributed by atoms with van der Waals surface area (Å²) in [6.45, 7) is 3.82. The van der Waals surface area contributed by atoms with E-state index in [-0.39, 0.29) is 12.1 Å². The van der Waals surface area contributed by atoms with Crippen molar-refractivity contribution >= 4 is 21.7 Å². The zero-order valence-electron chi connectivity index (χ0n) is 17.0. The number of nitrogens with zero attached hydrogens (tertiary/aromatic N) is 3. The molecule has 1 aromatic heterocycles. The van der Waals surface area contributed by atoms with E-state index >= 15 is 0 Å². The zero-order chi connectivity index (χ0) is 22.2. The molecule has 0 aliphatic heterocycles. The predicted molar refractivity (Wildman–Crippen MR) is 119 cm³/mol. The summed E-state index contributed by atoms with van der Waals surface area (Å²) in [5.41, 5.74) is 4.02. The van der Waals surface area contributed by atoms with Gasteiger partial charge in [0, 0.05) is 17.2 Å². The van der Waals surface area contributed by atoms with Gasteiger partial charge in [0.15, 0.2) is 5.82 Å². The van der Waals surface area contributed by atoms with E-state index in [1.807, 2.05) is 38.1 Å². The van der Waals surface area contributed by atoms with Crippen LogP contribution in [0, 0.1) is 11.3 Å². The Balaban J connectivity index is 1.66. The highest BCUT2D eigenvalue weighted by atomic mass is 32.2. The molecule has 8 nitrogen and oxygen atoms in total. The van der Waals surface area contributed by atoms with E-state index in [4.69, 9.17) is 9.88 Å². The maximum atomic E-state index is 11.5. The molecule has 4 rings (SSSR count). The van der Waals surface area contributed by atoms with Gasteiger partial charge < -0.3 is 4.74 Å². The first-order valence-corrected chi connectivity index (χ1v) is 12.0. The predicted octanol–water partition coefficient (Wildman–Crippen LogP) is 3.31. The Morgan fingerprint density at radius 2 is 2.13 bits per heavy atom. The summed E-state index contributed by atoms with van der Waals surface area (Å²) in [5, 5.41) is 15.3. The van der Waals surface area contributed by atoms with Crippen molar-refractivity contribution in [2.45, 2.75) is 38.8 Å². The van der Waals surface area contributed by atoms with Crippen LogP contribution in [0.3, 0.4) is 0 Å². The highest BCUT2D eigenvalue weighted by Crippen LogP contribution is 2.38. The molecule has 1 aliphatic rings. The normalized spacial score (nSPS) is 15.6. The van der Waals surface area contributed by atoms with Gasteiger partial charge in [0.1, 0.15) is 16.8 Å². The minimum absolute atomic E-state index is 0.0289. The van der Waals surface area contributed by atoms with Gasteiger partial charge in [-0.2, -0.15) is 22.8 Å². The van der Waals surface area contributed by atoms with Crippen molar-refractivity contribution in [1.82, 2.24) is 14.1 Å². The molecule has 0 saturated heterocycles. The quantitative estimate of drug-likeness (QED) is 0.586. The van der Waals surface area contributed by atoms with Gasteiger partial charge in [0.25, 0.3) is 10.2 Å². The monoisotopic (exact) mass is 455 g/mol. The molecular formula is C21H21N5O3S2. The van der Waals surface area contributed by atoms with Gasteiger partial charge in [-0.15, -0.1) is 0 Å². The van der Waals surface area contributed by atoms with E-state index in [2.05, 4.69) is 20.1 Å². The SMILES string of the molecule is CC(C)Oc1ccc(-c2nc(-c3cccc4c3CCC4NS(N)(=O)=O)ns2)cc1C#N. The molecule has 1 aliphatic carbocycles. The number of ether oxygens (including phenoxy) is 1. The summed E-state index contributed by atoms with van der Waals surface area (Å²) in [5.74, 6) is 1.12. The number of nitrogens with two attached hydrogens (primary N) is 1. The Hall–Kier alpha value is -2.84. The topological polar surface area (TPSA) is 131 Å². The third kappa shape index (κ3) is 4.60. The highest BCUT2D eigenvalue weighted by Gasteiger charge is 2.28. The van der Waals surface area contributed by atoms with Crippen molar-refractivity contribution in [3.8, 4) is 33.8 Å². The first kappa shape index (κ1) is 21.4. The highest BCUT2D eigenvalue weighted by molar-refractivity contribution is 7.87. The lowest BCUT2D eigenvalue weighted by molar-refractivity contribution is 0.242. The van der Waals surface area contributed by atoms with E-state index in [0.29, 0.717) is 35.0 Å². The summed E-state index contributed by atoms with van der Waals surface area (Å²) < 4.78 is 35.6. The average Bonchev–Trinajstić information content (AvgIpc) is 3.34. The Labute approximate surface area is 185 Å². The Bertz CT molecular complexity index is 1280. The number of aromatic nitrogens is 2. The third-order valence-electron chi connectivity index (χ3n) is 4.95. The van der Waals surface area contributed by atoms with E-state index in [1.54, 1.807) is 12.1 Å². The van der Waals surface area contributed by atoms with E-state index < -0.39 is 10.2 Å². The van der Waals surface area contributed by atoms with Crippen molar-refractivity contribution in [3.05, 3.63) is 53.1 Å². The second-order valence-electron chi connectivity index (χ2n) is 7.54. The fraction of sp³-hybridized carbons (Fsp3) is 0.286. The van der Waals surface area contributed by atoms with Crippen LogP contribution in [0.1, 0.15) is 43.0 Å². The molecule has 160 valence electrons. The summed E-state index contributed by atoms with van der Waals surface area (Å²) >= 11 is 1.25. The van der Waals surface area contributed by atoms with Gasteiger partial charge in [-0.1, -0.05) is 18.2 Å². The lowest BCUT2D eigenvalue weighted by Gasteiger charge is -2.12. The summed E-state index contributed by atoms with van der Waals surface area (Å²) in [4.78, 5) is 4.69. The van der Waals surface area contributed by atoms with Crippen LogP contribution in [0.15, 0.2) is 36.4 Å². The van der Waals surface area contributed by atoms with Crippen LogP contribution in [0.2, 0.25) is 0 Å². The molecule has 0 spiro atoms.